The average Bonchev–Trinajstić information content (AvgIpc) is 2.94. The highest BCUT2D eigenvalue weighted by atomic mass is 32.1. The van der Waals surface area contributed by atoms with Gasteiger partial charge >= 0.3 is 0 Å². The number of phenolic OH excluding ortho intramolecular Hbond substituents is 1. The molecule has 1 aromatic heterocycles. The van der Waals surface area contributed by atoms with Crippen LogP contribution < -0.4 is 0 Å². The Hall–Kier alpha value is -1.81. The third kappa shape index (κ3) is 2.85. The van der Waals surface area contributed by atoms with E-state index < -0.39 is 0 Å². The van der Waals surface area contributed by atoms with Crippen molar-refractivity contribution in [2.75, 3.05) is 7.05 Å². The van der Waals surface area contributed by atoms with Gasteiger partial charge in [-0.25, -0.2) is 0 Å². The van der Waals surface area contributed by atoms with Gasteiger partial charge in [0.2, 0.25) is 0 Å². The van der Waals surface area contributed by atoms with Crippen LogP contribution in [0, 0.1) is 0 Å². The Morgan fingerprint density at radius 2 is 1.95 bits per heavy atom. The van der Waals surface area contributed by atoms with Crippen molar-refractivity contribution in [2.45, 2.75) is 26.3 Å². The van der Waals surface area contributed by atoms with Crippen LogP contribution in [0.2, 0.25) is 0 Å². The fourth-order valence-corrected chi connectivity index (χ4v) is 3.09. The van der Waals surface area contributed by atoms with Crippen molar-refractivity contribution >= 4 is 17.2 Å². The normalized spacial score (nSPS) is 12.2. The van der Waals surface area contributed by atoms with Gasteiger partial charge < -0.3 is 10.0 Å². The molecule has 1 unspecified atom stereocenters. The predicted molar refractivity (Wildman–Crippen MR) is 82.3 cm³/mol. The molecule has 1 N–H and O–H groups in total. The van der Waals surface area contributed by atoms with Gasteiger partial charge in [-0.2, -0.15) is 0 Å². The second kappa shape index (κ2) is 6.09. The number of nitrogens with zero attached hydrogens (tertiary/aromatic N) is 1. The first kappa shape index (κ1) is 14.6. The van der Waals surface area contributed by atoms with Gasteiger partial charge in [0.1, 0.15) is 5.75 Å². The highest BCUT2D eigenvalue weighted by molar-refractivity contribution is 7.12. The van der Waals surface area contributed by atoms with E-state index in [2.05, 4.69) is 6.92 Å². The molecule has 4 heteroatoms. The van der Waals surface area contributed by atoms with Crippen molar-refractivity contribution in [1.29, 1.82) is 0 Å². The average molecular weight is 289 g/mol. The molecule has 0 aliphatic heterocycles. The lowest BCUT2D eigenvalue weighted by atomic mass is 10.1. The van der Waals surface area contributed by atoms with Gasteiger partial charge in [-0.3, -0.25) is 4.79 Å². The number of aromatic hydroxyl groups is 1. The van der Waals surface area contributed by atoms with Crippen LogP contribution >= 0.6 is 11.3 Å². The van der Waals surface area contributed by atoms with E-state index in [1.807, 2.05) is 37.6 Å². The molecule has 0 bridgehead atoms. The minimum atomic E-state index is -0.0325. The molecule has 106 valence electrons. The van der Waals surface area contributed by atoms with E-state index in [0.29, 0.717) is 0 Å². The maximum atomic E-state index is 12.6. The van der Waals surface area contributed by atoms with E-state index in [1.165, 1.54) is 11.3 Å². The number of hydrogen-bond acceptors (Lipinski definition) is 3. The van der Waals surface area contributed by atoms with Crippen LogP contribution in [-0.2, 0) is 6.42 Å². The Morgan fingerprint density at radius 3 is 2.55 bits per heavy atom. The van der Waals surface area contributed by atoms with Gasteiger partial charge in [0.15, 0.2) is 0 Å². The van der Waals surface area contributed by atoms with Crippen LogP contribution in [0.5, 0.6) is 5.75 Å². The van der Waals surface area contributed by atoms with Gasteiger partial charge in [0.25, 0.3) is 5.91 Å². The molecule has 2 aromatic rings. The van der Waals surface area contributed by atoms with Gasteiger partial charge in [-0.15, -0.1) is 11.3 Å². The zero-order chi connectivity index (χ0) is 14.7. The summed E-state index contributed by atoms with van der Waals surface area (Å²) in [5, 5.41) is 11.3. The molecule has 2 rings (SSSR count). The maximum Gasteiger partial charge on any atom is 0.264 e. The number of rotatable bonds is 4. The summed E-state index contributed by atoms with van der Waals surface area (Å²) in [6.07, 6.45) is 0.867. The summed E-state index contributed by atoms with van der Waals surface area (Å²) in [7, 11) is 1.82. The molecule has 3 nitrogen and oxygen atoms in total. The summed E-state index contributed by atoms with van der Waals surface area (Å²) in [6.45, 7) is 4.05. The highest BCUT2D eigenvalue weighted by Crippen LogP contribution is 2.25. The fourth-order valence-electron chi connectivity index (χ4n) is 2.11. The summed E-state index contributed by atoms with van der Waals surface area (Å²) in [4.78, 5) is 15.1. The third-order valence-electron chi connectivity index (χ3n) is 3.60. The molecule has 0 radical (unpaired) electrons. The summed E-state index contributed by atoms with van der Waals surface area (Å²) >= 11 is 1.49. The largest absolute Gasteiger partial charge is 0.508 e. The van der Waals surface area contributed by atoms with Gasteiger partial charge in [-0.05, 0) is 48.1 Å². The second-order valence-electron chi connectivity index (χ2n) is 4.81. The molecular weight excluding hydrogens is 270 g/mol. The lowest BCUT2D eigenvalue weighted by molar-refractivity contribution is 0.0746. The van der Waals surface area contributed by atoms with E-state index in [4.69, 9.17) is 0 Å². The van der Waals surface area contributed by atoms with Crippen molar-refractivity contribution in [2.24, 2.45) is 0 Å². The fraction of sp³-hybridized carbons (Fsp3) is 0.312. The number of thiophene rings is 1. The Labute approximate surface area is 123 Å². The number of amides is 1. The van der Waals surface area contributed by atoms with Gasteiger partial charge in [0.05, 0.1) is 10.9 Å². The Morgan fingerprint density at radius 1 is 1.30 bits per heavy atom. The lowest BCUT2D eigenvalue weighted by Crippen LogP contribution is -2.29. The van der Waals surface area contributed by atoms with Crippen molar-refractivity contribution < 1.29 is 9.90 Å². The smallest absolute Gasteiger partial charge is 0.264 e. The molecule has 1 amide bonds. The first-order valence-corrected chi connectivity index (χ1v) is 7.55. The molecule has 0 fully saturated rings. The van der Waals surface area contributed by atoms with E-state index in [1.54, 1.807) is 17.0 Å². The molecule has 1 aromatic carbocycles. The van der Waals surface area contributed by atoms with Gasteiger partial charge in [-0.1, -0.05) is 19.1 Å². The lowest BCUT2D eigenvalue weighted by Gasteiger charge is -2.25. The molecule has 0 saturated heterocycles. The van der Waals surface area contributed by atoms with E-state index in [0.717, 1.165) is 22.4 Å². The summed E-state index contributed by atoms with van der Waals surface area (Å²) in [5.41, 5.74) is 2.11. The van der Waals surface area contributed by atoms with Crippen LogP contribution in [0.4, 0.5) is 0 Å². The number of aryl methyl sites for hydroxylation is 1. The molecule has 0 saturated carbocycles. The quantitative estimate of drug-likeness (QED) is 0.928. The summed E-state index contributed by atoms with van der Waals surface area (Å²) < 4.78 is 0. The molecule has 20 heavy (non-hydrogen) atoms. The van der Waals surface area contributed by atoms with Crippen LogP contribution in [0.1, 0.15) is 40.7 Å². The minimum Gasteiger partial charge on any atom is -0.508 e. The number of hydrogen-bond donors (Lipinski definition) is 1. The first-order chi connectivity index (χ1) is 9.54. The molecule has 0 aliphatic carbocycles. The third-order valence-corrected chi connectivity index (χ3v) is 4.54. The summed E-state index contributed by atoms with van der Waals surface area (Å²) in [5.74, 6) is 0.291. The number of carbonyl (C=O) groups excluding carboxylic acids is 1. The van der Waals surface area contributed by atoms with Crippen molar-refractivity contribution in [3.8, 4) is 5.75 Å². The van der Waals surface area contributed by atoms with Gasteiger partial charge in [0, 0.05) is 7.05 Å². The SMILES string of the molecule is CCc1ccsc1C(=O)N(C)C(C)c1ccc(O)cc1. The Kier molecular flexibility index (Phi) is 4.45. The van der Waals surface area contributed by atoms with Crippen molar-refractivity contribution in [1.82, 2.24) is 4.90 Å². The second-order valence-corrected chi connectivity index (χ2v) is 5.73. The van der Waals surface area contributed by atoms with E-state index >= 15 is 0 Å². The maximum absolute atomic E-state index is 12.6. The zero-order valence-electron chi connectivity index (χ0n) is 12.0. The van der Waals surface area contributed by atoms with Crippen LogP contribution in [0.25, 0.3) is 0 Å². The molecule has 1 heterocycles. The number of benzene rings is 1. The standard InChI is InChI=1S/C16H19NO2S/c1-4-12-9-10-20-15(12)16(19)17(3)11(2)13-5-7-14(18)8-6-13/h5-11,18H,4H2,1-3H3. The van der Waals surface area contributed by atoms with Crippen LogP contribution in [-0.4, -0.2) is 23.0 Å². The van der Waals surface area contributed by atoms with Crippen LogP contribution in [0.15, 0.2) is 35.7 Å². The first-order valence-electron chi connectivity index (χ1n) is 6.67. The highest BCUT2D eigenvalue weighted by Gasteiger charge is 2.21. The Balaban J connectivity index is 2.20. The predicted octanol–water partition coefficient (Wildman–Crippen LogP) is 3.85. The van der Waals surface area contributed by atoms with E-state index in [9.17, 15) is 9.90 Å². The zero-order valence-corrected chi connectivity index (χ0v) is 12.8. The number of carbonyl (C=O) groups is 1. The molecule has 1 atom stereocenters. The van der Waals surface area contributed by atoms with E-state index in [-0.39, 0.29) is 17.7 Å². The molecule has 0 aliphatic rings. The monoisotopic (exact) mass is 289 g/mol. The number of phenols is 1. The topological polar surface area (TPSA) is 40.5 Å². The summed E-state index contributed by atoms with van der Waals surface area (Å²) in [6, 6.07) is 8.96. The Bertz CT molecular complexity index is 589. The molecule has 0 spiro atoms. The van der Waals surface area contributed by atoms with Crippen molar-refractivity contribution in [3.05, 3.63) is 51.7 Å². The molecular formula is C16H19NO2S. The minimum absolute atomic E-state index is 0.0325. The van der Waals surface area contributed by atoms with Crippen LogP contribution in [0.3, 0.4) is 0 Å². The van der Waals surface area contributed by atoms with Crippen molar-refractivity contribution in [3.63, 3.8) is 0 Å².